The van der Waals surface area contributed by atoms with Crippen LogP contribution in [0.1, 0.15) is 78.6 Å². The molecule has 0 aromatic heterocycles. The van der Waals surface area contributed by atoms with Crippen molar-refractivity contribution in [3.8, 4) is 0 Å². The second-order valence-corrected chi connectivity index (χ2v) is 6.97. The molecule has 2 atom stereocenters. The molecule has 0 aromatic carbocycles. The summed E-state index contributed by atoms with van der Waals surface area (Å²) < 4.78 is 0. The van der Waals surface area contributed by atoms with Crippen molar-refractivity contribution in [3.63, 3.8) is 0 Å². The zero-order valence-electron chi connectivity index (χ0n) is 13.4. The van der Waals surface area contributed by atoms with E-state index < -0.39 is 0 Å². The number of hydrogen-bond donors (Lipinski definition) is 1. The van der Waals surface area contributed by atoms with E-state index in [0.29, 0.717) is 5.54 Å². The summed E-state index contributed by atoms with van der Waals surface area (Å²) in [5.74, 6) is 0. The normalized spacial score (nSPS) is 28.9. The van der Waals surface area contributed by atoms with E-state index in [4.69, 9.17) is 0 Å². The Labute approximate surface area is 120 Å². The summed E-state index contributed by atoms with van der Waals surface area (Å²) >= 11 is 0. The molecule has 2 unspecified atom stereocenters. The number of nitrogens with one attached hydrogen (secondary N) is 1. The molecule has 1 saturated carbocycles. The number of nitrogens with zero attached hydrogens (tertiary/aromatic N) is 1. The van der Waals surface area contributed by atoms with E-state index in [1.807, 2.05) is 0 Å². The maximum atomic E-state index is 3.89. The van der Waals surface area contributed by atoms with Gasteiger partial charge in [0.25, 0.3) is 0 Å². The van der Waals surface area contributed by atoms with Crippen LogP contribution < -0.4 is 5.32 Å². The van der Waals surface area contributed by atoms with Crippen LogP contribution in [0.15, 0.2) is 0 Å². The Balaban J connectivity index is 2.00. The Hall–Kier alpha value is -0.0800. The fraction of sp³-hybridized carbons (Fsp3) is 1.00. The van der Waals surface area contributed by atoms with Gasteiger partial charge in [0, 0.05) is 30.7 Å². The van der Waals surface area contributed by atoms with Crippen molar-refractivity contribution in [2.45, 2.75) is 96.2 Å². The van der Waals surface area contributed by atoms with Gasteiger partial charge in [0.1, 0.15) is 0 Å². The van der Waals surface area contributed by atoms with Crippen molar-refractivity contribution in [2.24, 2.45) is 0 Å². The molecule has 2 aliphatic rings. The van der Waals surface area contributed by atoms with Gasteiger partial charge >= 0.3 is 0 Å². The minimum Gasteiger partial charge on any atom is -0.308 e. The van der Waals surface area contributed by atoms with Gasteiger partial charge in [-0.15, -0.1) is 0 Å². The van der Waals surface area contributed by atoms with Gasteiger partial charge in [0.2, 0.25) is 0 Å². The predicted molar refractivity (Wildman–Crippen MR) is 83.6 cm³/mol. The highest BCUT2D eigenvalue weighted by atomic mass is 15.3. The van der Waals surface area contributed by atoms with Crippen LogP contribution in [-0.2, 0) is 0 Å². The molecule has 19 heavy (non-hydrogen) atoms. The Morgan fingerprint density at radius 3 is 2.53 bits per heavy atom. The first kappa shape index (κ1) is 15.3. The molecule has 1 heterocycles. The first-order valence-electron chi connectivity index (χ1n) is 8.71. The summed E-state index contributed by atoms with van der Waals surface area (Å²) in [7, 11) is 0. The highest BCUT2D eigenvalue weighted by molar-refractivity contribution is 5.01. The molecule has 2 heteroatoms. The van der Waals surface area contributed by atoms with Crippen LogP contribution in [0.5, 0.6) is 0 Å². The Morgan fingerprint density at radius 2 is 1.89 bits per heavy atom. The van der Waals surface area contributed by atoms with Crippen molar-refractivity contribution in [3.05, 3.63) is 0 Å². The maximum Gasteiger partial charge on any atom is 0.0309 e. The largest absolute Gasteiger partial charge is 0.308 e. The summed E-state index contributed by atoms with van der Waals surface area (Å²) in [4.78, 5) is 2.86. The van der Waals surface area contributed by atoms with Gasteiger partial charge in [-0.05, 0) is 32.6 Å². The van der Waals surface area contributed by atoms with Gasteiger partial charge in [0.05, 0.1) is 0 Å². The summed E-state index contributed by atoms with van der Waals surface area (Å²) in [5, 5.41) is 3.89. The molecule has 1 spiro atoms. The molecule has 1 aliphatic heterocycles. The van der Waals surface area contributed by atoms with E-state index in [2.05, 4.69) is 31.0 Å². The third-order valence-corrected chi connectivity index (χ3v) is 5.37. The van der Waals surface area contributed by atoms with E-state index in [1.165, 1.54) is 70.9 Å². The van der Waals surface area contributed by atoms with Crippen LogP contribution in [0.3, 0.4) is 0 Å². The average Bonchev–Trinajstić information content (AvgIpc) is 2.86. The minimum atomic E-state index is 0.477. The summed E-state index contributed by atoms with van der Waals surface area (Å²) in [5.41, 5.74) is 0.477. The van der Waals surface area contributed by atoms with E-state index in [0.717, 1.165) is 12.1 Å². The van der Waals surface area contributed by atoms with Crippen molar-refractivity contribution < 1.29 is 0 Å². The van der Waals surface area contributed by atoms with Gasteiger partial charge < -0.3 is 5.32 Å². The number of unbranched alkanes of at least 4 members (excludes halogenated alkanes) is 1. The molecular formula is C17H34N2. The van der Waals surface area contributed by atoms with Crippen LogP contribution in [0.25, 0.3) is 0 Å². The molecule has 0 radical (unpaired) electrons. The van der Waals surface area contributed by atoms with E-state index in [9.17, 15) is 0 Å². The van der Waals surface area contributed by atoms with Gasteiger partial charge in [0.15, 0.2) is 0 Å². The van der Waals surface area contributed by atoms with Crippen molar-refractivity contribution >= 4 is 0 Å². The van der Waals surface area contributed by atoms with Crippen LogP contribution in [0, 0.1) is 0 Å². The maximum absolute atomic E-state index is 3.89. The van der Waals surface area contributed by atoms with Gasteiger partial charge in [-0.2, -0.15) is 0 Å². The van der Waals surface area contributed by atoms with Gasteiger partial charge in [-0.25, -0.2) is 0 Å². The zero-order chi connectivity index (χ0) is 13.7. The van der Waals surface area contributed by atoms with Gasteiger partial charge in [-0.3, -0.25) is 4.90 Å². The van der Waals surface area contributed by atoms with Crippen molar-refractivity contribution in [1.29, 1.82) is 0 Å². The molecule has 0 amide bonds. The van der Waals surface area contributed by atoms with E-state index in [-0.39, 0.29) is 0 Å². The minimum absolute atomic E-state index is 0.477. The summed E-state index contributed by atoms with van der Waals surface area (Å²) in [6.45, 7) is 9.60. The lowest BCUT2D eigenvalue weighted by Gasteiger charge is -2.48. The second kappa shape index (κ2) is 7.08. The topological polar surface area (TPSA) is 15.3 Å². The Bertz CT molecular complexity index is 258. The number of hydrogen-bond acceptors (Lipinski definition) is 2. The standard InChI is InChI=1S/C17H34N2/c1-4-6-10-16(9-5-2)19-14-17(11-7-8-12-17)18-13-15(19)3/h15-16,18H,4-14H2,1-3H3. The van der Waals surface area contributed by atoms with Crippen LogP contribution in [-0.4, -0.2) is 35.6 Å². The lowest BCUT2D eigenvalue weighted by Crippen LogP contribution is -2.64. The Morgan fingerprint density at radius 1 is 1.16 bits per heavy atom. The molecule has 2 nitrogen and oxygen atoms in total. The molecule has 112 valence electrons. The lowest BCUT2D eigenvalue weighted by atomic mass is 9.90. The average molecular weight is 266 g/mol. The molecule has 1 N–H and O–H groups in total. The fourth-order valence-electron chi connectivity index (χ4n) is 4.17. The second-order valence-electron chi connectivity index (χ2n) is 6.97. The first-order valence-corrected chi connectivity index (χ1v) is 8.71. The molecule has 1 saturated heterocycles. The quantitative estimate of drug-likeness (QED) is 0.783. The molecule has 0 bridgehead atoms. The lowest BCUT2D eigenvalue weighted by molar-refractivity contribution is 0.0423. The van der Waals surface area contributed by atoms with Crippen molar-refractivity contribution in [2.75, 3.05) is 13.1 Å². The molecule has 0 aromatic rings. The first-order chi connectivity index (χ1) is 9.21. The van der Waals surface area contributed by atoms with E-state index in [1.54, 1.807) is 0 Å². The number of piperazine rings is 1. The molecular weight excluding hydrogens is 232 g/mol. The third-order valence-electron chi connectivity index (χ3n) is 5.37. The predicted octanol–water partition coefficient (Wildman–Crippen LogP) is 3.95. The highest BCUT2D eigenvalue weighted by Gasteiger charge is 2.41. The van der Waals surface area contributed by atoms with Crippen molar-refractivity contribution in [1.82, 2.24) is 10.2 Å². The van der Waals surface area contributed by atoms with E-state index >= 15 is 0 Å². The van der Waals surface area contributed by atoms with Crippen LogP contribution in [0.2, 0.25) is 0 Å². The highest BCUT2D eigenvalue weighted by Crippen LogP contribution is 2.34. The summed E-state index contributed by atoms with van der Waals surface area (Å²) in [6.07, 6.45) is 12.5. The SMILES string of the molecule is CCCCC(CCC)N1CC2(CCCC2)NCC1C. The monoisotopic (exact) mass is 266 g/mol. The molecule has 2 fully saturated rings. The fourth-order valence-corrected chi connectivity index (χ4v) is 4.17. The molecule has 2 rings (SSSR count). The zero-order valence-corrected chi connectivity index (χ0v) is 13.4. The van der Waals surface area contributed by atoms with Gasteiger partial charge in [-0.1, -0.05) is 46.0 Å². The smallest absolute Gasteiger partial charge is 0.0309 e. The Kier molecular flexibility index (Phi) is 5.70. The third kappa shape index (κ3) is 3.72. The summed E-state index contributed by atoms with van der Waals surface area (Å²) in [6, 6.07) is 1.55. The van der Waals surface area contributed by atoms with Crippen LogP contribution >= 0.6 is 0 Å². The van der Waals surface area contributed by atoms with Crippen LogP contribution in [0.4, 0.5) is 0 Å². The number of rotatable bonds is 6. The molecule has 1 aliphatic carbocycles.